The van der Waals surface area contributed by atoms with E-state index in [-0.39, 0.29) is 18.0 Å². The number of carbonyl (C=O) groups is 1. The summed E-state index contributed by atoms with van der Waals surface area (Å²) in [6.07, 6.45) is 2.00. The van der Waals surface area contributed by atoms with Crippen molar-refractivity contribution in [1.82, 2.24) is 4.90 Å². The molecule has 2 rings (SSSR count). The van der Waals surface area contributed by atoms with E-state index in [0.717, 1.165) is 5.76 Å². The van der Waals surface area contributed by atoms with Gasteiger partial charge in [0.25, 0.3) is 0 Å². The Morgan fingerprint density at radius 3 is 2.92 bits per heavy atom. The first-order valence-corrected chi connectivity index (χ1v) is 4.25. The van der Waals surface area contributed by atoms with Crippen molar-refractivity contribution in [2.45, 2.75) is 18.5 Å². The predicted molar refractivity (Wildman–Crippen MR) is 46.8 cm³/mol. The molecule has 0 radical (unpaired) electrons. The summed E-state index contributed by atoms with van der Waals surface area (Å²) in [6, 6.07) is 3.41. The summed E-state index contributed by atoms with van der Waals surface area (Å²) >= 11 is 0. The lowest BCUT2D eigenvalue weighted by atomic mass is 10.1. The van der Waals surface area contributed by atoms with E-state index < -0.39 is 0 Å². The molecule has 1 fully saturated rings. The Labute approximate surface area is 76.3 Å². The van der Waals surface area contributed by atoms with Crippen molar-refractivity contribution in [1.29, 1.82) is 0 Å². The molecule has 0 bridgehead atoms. The number of hydrogen-bond donors (Lipinski definition) is 1. The highest BCUT2D eigenvalue weighted by Gasteiger charge is 2.37. The number of nitrogens with two attached hydrogens (primary N) is 1. The highest BCUT2D eigenvalue weighted by molar-refractivity contribution is 5.79. The van der Waals surface area contributed by atoms with Gasteiger partial charge in [-0.05, 0) is 12.1 Å². The van der Waals surface area contributed by atoms with Gasteiger partial charge in [0.2, 0.25) is 5.91 Å². The van der Waals surface area contributed by atoms with Gasteiger partial charge in [-0.25, -0.2) is 0 Å². The van der Waals surface area contributed by atoms with Crippen molar-refractivity contribution in [3.63, 3.8) is 0 Å². The molecule has 4 heteroatoms. The maximum Gasteiger partial charge on any atom is 0.224 e. The quantitative estimate of drug-likeness (QED) is 0.685. The van der Waals surface area contributed by atoms with Gasteiger partial charge >= 0.3 is 0 Å². The van der Waals surface area contributed by atoms with E-state index in [1.54, 1.807) is 24.3 Å². The highest BCUT2D eigenvalue weighted by Crippen LogP contribution is 2.30. The SMILES string of the molecule is CN1C(=O)C[C@H](N)[C@H]1c1ccco1. The van der Waals surface area contributed by atoms with E-state index in [4.69, 9.17) is 10.2 Å². The minimum absolute atomic E-state index is 0.0777. The molecule has 1 aromatic heterocycles. The zero-order valence-electron chi connectivity index (χ0n) is 7.43. The monoisotopic (exact) mass is 180 g/mol. The molecule has 1 aliphatic rings. The van der Waals surface area contributed by atoms with Crippen LogP contribution in [0, 0.1) is 0 Å². The first-order valence-electron chi connectivity index (χ1n) is 4.25. The van der Waals surface area contributed by atoms with Crippen LogP contribution in [0.4, 0.5) is 0 Å². The van der Waals surface area contributed by atoms with E-state index in [0.29, 0.717) is 6.42 Å². The predicted octanol–water partition coefficient (Wildman–Crippen LogP) is 0.510. The summed E-state index contributed by atoms with van der Waals surface area (Å²) < 4.78 is 5.23. The molecule has 2 heterocycles. The van der Waals surface area contributed by atoms with Crippen LogP contribution in [0.1, 0.15) is 18.2 Å². The van der Waals surface area contributed by atoms with Crippen molar-refractivity contribution in [3.8, 4) is 0 Å². The molecule has 0 spiro atoms. The third-order valence-electron chi connectivity index (χ3n) is 2.46. The second-order valence-electron chi connectivity index (χ2n) is 3.33. The van der Waals surface area contributed by atoms with Crippen LogP contribution < -0.4 is 5.73 Å². The standard InChI is InChI=1S/C9H12N2O2/c1-11-8(12)5-6(10)9(11)7-3-2-4-13-7/h2-4,6,9H,5,10H2,1H3/t6-,9-/m0/s1. The van der Waals surface area contributed by atoms with E-state index in [9.17, 15) is 4.79 Å². The second-order valence-corrected chi connectivity index (χ2v) is 3.33. The molecule has 70 valence electrons. The number of likely N-dealkylation sites (N-methyl/N-ethyl adjacent to an activating group) is 1. The summed E-state index contributed by atoms with van der Waals surface area (Å²) in [6.45, 7) is 0. The Bertz CT molecular complexity index is 307. The molecule has 0 aromatic carbocycles. The van der Waals surface area contributed by atoms with Gasteiger partial charge in [0.05, 0.1) is 6.26 Å². The molecule has 0 unspecified atom stereocenters. The van der Waals surface area contributed by atoms with Gasteiger partial charge in [-0.2, -0.15) is 0 Å². The van der Waals surface area contributed by atoms with Gasteiger partial charge in [0.15, 0.2) is 0 Å². The van der Waals surface area contributed by atoms with Gasteiger partial charge in [-0.1, -0.05) is 0 Å². The maximum atomic E-state index is 11.3. The van der Waals surface area contributed by atoms with Gasteiger partial charge in [0.1, 0.15) is 11.8 Å². The van der Waals surface area contributed by atoms with E-state index in [1.165, 1.54) is 0 Å². The van der Waals surface area contributed by atoms with E-state index in [2.05, 4.69) is 0 Å². The van der Waals surface area contributed by atoms with E-state index in [1.807, 2.05) is 6.07 Å². The number of nitrogens with zero attached hydrogens (tertiary/aromatic N) is 1. The van der Waals surface area contributed by atoms with Gasteiger partial charge < -0.3 is 15.1 Å². The van der Waals surface area contributed by atoms with Crippen molar-refractivity contribution in [3.05, 3.63) is 24.2 Å². The van der Waals surface area contributed by atoms with Crippen molar-refractivity contribution in [2.75, 3.05) is 7.05 Å². The Morgan fingerprint density at radius 2 is 2.46 bits per heavy atom. The average Bonchev–Trinajstić information content (AvgIpc) is 2.63. The fraction of sp³-hybridized carbons (Fsp3) is 0.444. The molecule has 1 saturated heterocycles. The molecule has 1 aromatic rings. The summed E-state index contributed by atoms with van der Waals surface area (Å²) in [5, 5.41) is 0. The maximum absolute atomic E-state index is 11.3. The Hall–Kier alpha value is -1.29. The molecule has 0 saturated carbocycles. The van der Waals surface area contributed by atoms with Gasteiger partial charge in [0, 0.05) is 19.5 Å². The topological polar surface area (TPSA) is 59.5 Å². The van der Waals surface area contributed by atoms with Gasteiger partial charge in [-0.3, -0.25) is 4.79 Å². The first kappa shape index (κ1) is 8.31. The summed E-state index contributed by atoms with van der Waals surface area (Å²) in [4.78, 5) is 12.9. The normalized spacial score (nSPS) is 28.5. The molecule has 1 aliphatic heterocycles. The lowest BCUT2D eigenvalue weighted by Gasteiger charge is -2.20. The second kappa shape index (κ2) is 2.88. The smallest absolute Gasteiger partial charge is 0.224 e. The molecular weight excluding hydrogens is 168 g/mol. The van der Waals surface area contributed by atoms with Crippen LogP contribution in [0.25, 0.3) is 0 Å². The Morgan fingerprint density at radius 1 is 1.69 bits per heavy atom. The summed E-state index contributed by atoms with van der Waals surface area (Å²) in [5.41, 5.74) is 5.83. The minimum Gasteiger partial charge on any atom is -0.467 e. The summed E-state index contributed by atoms with van der Waals surface area (Å²) in [7, 11) is 1.75. The number of rotatable bonds is 1. The van der Waals surface area contributed by atoms with E-state index >= 15 is 0 Å². The number of carbonyl (C=O) groups excluding carboxylic acids is 1. The molecule has 4 nitrogen and oxygen atoms in total. The molecular formula is C9H12N2O2. The van der Waals surface area contributed by atoms with Crippen LogP contribution in [0.3, 0.4) is 0 Å². The van der Waals surface area contributed by atoms with Crippen LogP contribution in [-0.4, -0.2) is 23.9 Å². The molecule has 13 heavy (non-hydrogen) atoms. The molecule has 0 aliphatic carbocycles. The third kappa shape index (κ3) is 1.23. The highest BCUT2D eigenvalue weighted by atomic mass is 16.3. The zero-order chi connectivity index (χ0) is 9.42. The van der Waals surface area contributed by atoms with Crippen molar-refractivity contribution < 1.29 is 9.21 Å². The zero-order valence-corrected chi connectivity index (χ0v) is 7.43. The lowest BCUT2D eigenvalue weighted by molar-refractivity contribution is -0.127. The first-order chi connectivity index (χ1) is 6.20. The molecule has 1 amide bonds. The van der Waals surface area contributed by atoms with Crippen LogP contribution in [0.5, 0.6) is 0 Å². The van der Waals surface area contributed by atoms with Crippen molar-refractivity contribution >= 4 is 5.91 Å². The fourth-order valence-corrected chi connectivity index (χ4v) is 1.76. The minimum atomic E-state index is -0.149. The molecule has 2 N–H and O–H groups in total. The Balaban J connectivity index is 2.29. The molecule has 2 atom stereocenters. The number of furan rings is 1. The van der Waals surface area contributed by atoms with Gasteiger partial charge in [-0.15, -0.1) is 0 Å². The largest absolute Gasteiger partial charge is 0.467 e. The number of likely N-dealkylation sites (tertiary alicyclic amines) is 1. The Kier molecular flexibility index (Phi) is 1.84. The lowest BCUT2D eigenvalue weighted by Crippen LogP contribution is -2.29. The third-order valence-corrected chi connectivity index (χ3v) is 2.46. The van der Waals surface area contributed by atoms with Crippen LogP contribution in [-0.2, 0) is 4.79 Å². The average molecular weight is 180 g/mol. The van der Waals surface area contributed by atoms with Crippen LogP contribution in [0.15, 0.2) is 22.8 Å². The van der Waals surface area contributed by atoms with Crippen LogP contribution >= 0.6 is 0 Å². The number of amides is 1. The fourth-order valence-electron chi connectivity index (χ4n) is 1.76. The van der Waals surface area contributed by atoms with Crippen molar-refractivity contribution in [2.24, 2.45) is 5.73 Å². The summed E-state index contributed by atoms with van der Waals surface area (Å²) in [5.74, 6) is 0.842. The number of hydrogen-bond acceptors (Lipinski definition) is 3. The van der Waals surface area contributed by atoms with Crippen LogP contribution in [0.2, 0.25) is 0 Å².